The van der Waals surface area contributed by atoms with E-state index in [0.717, 1.165) is 29.1 Å². The first kappa shape index (κ1) is 25.2. The summed E-state index contributed by atoms with van der Waals surface area (Å²) in [6, 6.07) is 10.1. The molecule has 34 heavy (non-hydrogen) atoms. The predicted molar refractivity (Wildman–Crippen MR) is 140 cm³/mol. The van der Waals surface area contributed by atoms with Gasteiger partial charge in [-0.15, -0.1) is 13.2 Å². The smallest absolute Gasteiger partial charge is 0.149 e. The van der Waals surface area contributed by atoms with Gasteiger partial charge in [-0.2, -0.15) is 0 Å². The molecule has 0 aliphatic carbocycles. The van der Waals surface area contributed by atoms with Gasteiger partial charge in [-0.3, -0.25) is 4.99 Å². The van der Waals surface area contributed by atoms with Crippen molar-refractivity contribution < 1.29 is 9.47 Å². The molecule has 2 heterocycles. The van der Waals surface area contributed by atoms with E-state index in [1.807, 2.05) is 56.3 Å². The van der Waals surface area contributed by atoms with Crippen LogP contribution >= 0.6 is 0 Å². The Bertz CT molecular complexity index is 1050. The summed E-state index contributed by atoms with van der Waals surface area (Å²) in [6.45, 7) is 16.9. The third-order valence-corrected chi connectivity index (χ3v) is 6.37. The summed E-state index contributed by atoms with van der Waals surface area (Å²) < 4.78 is 12.7. The predicted octanol–water partition coefficient (Wildman–Crippen LogP) is 5.55. The topological polar surface area (TPSA) is 66.7 Å². The number of hydrogen-bond donors (Lipinski definition) is 2. The highest BCUT2D eigenvalue weighted by Gasteiger charge is 2.54. The van der Waals surface area contributed by atoms with Crippen LogP contribution in [0, 0.1) is 17.2 Å². The molecule has 0 saturated carbocycles. The van der Waals surface area contributed by atoms with Gasteiger partial charge in [0.25, 0.3) is 0 Å². The molecule has 4 atom stereocenters. The number of allylic oxidation sites excluding steroid dienone is 4. The average molecular weight is 458 g/mol. The number of aliphatic imine (C=N–C) groups is 1. The lowest BCUT2D eigenvalue weighted by molar-refractivity contribution is -0.0197. The van der Waals surface area contributed by atoms with Crippen molar-refractivity contribution in [1.29, 1.82) is 5.41 Å². The molecule has 5 heteroatoms. The van der Waals surface area contributed by atoms with Gasteiger partial charge < -0.3 is 20.2 Å². The molecule has 2 aliphatic rings. The fraction of sp³-hybridized carbons (Fsp3) is 0.345. The summed E-state index contributed by atoms with van der Waals surface area (Å²) in [5.74, 6) is 0.402. The van der Waals surface area contributed by atoms with Crippen molar-refractivity contribution in [3.8, 4) is 0 Å². The van der Waals surface area contributed by atoms with Gasteiger partial charge in [-0.05, 0) is 25.8 Å². The van der Waals surface area contributed by atoms with Crippen molar-refractivity contribution in [2.75, 3.05) is 13.2 Å². The van der Waals surface area contributed by atoms with Crippen molar-refractivity contribution in [3.05, 3.63) is 103 Å². The normalized spacial score (nSPS) is 26.4. The first-order valence-corrected chi connectivity index (χ1v) is 11.7. The molecule has 0 amide bonds. The third-order valence-electron chi connectivity index (χ3n) is 6.37. The van der Waals surface area contributed by atoms with E-state index in [1.165, 1.54) is 6.21 Å². The van der Waals surface area contributed by atoms with Gasteiger partial charge in [0.2, 0.25) is 0 Å². The zero-order valence-corrected chi connectivity index (χ0v) is 20.2. The van der Waals surface area contributed by atoms with Crippen molar-refractivity contribution in [3.63, 3.8) is 0 Å². The highest BCUT2D eigenvalue weighted by atomic mass is 16.6. The first-order chi connectivity index (χ1) is 16.5. The van der Waals surface area contributed by atoms with Gasteiger partial charge in [0, 0.05) is 31.0 Å². The van der Waals surface area contributed by atoms with Crippen LogP contribution in [0.5, 0.6) is 0 Å². The molecule has 1 saturated heterocycles. The maximum absolute atomic E-state index is 8.40. The van der Waals surface area contributed by atoms with E-state index in [2.05, 4.69) is 47.9 Å². The number of nitrogens with zero attached hydrogens (tertiary/aromatic N) is 1. The van der Waals surface area contributed by atoms with Crippen LogP contribution in [0.3, 0.4) is 0 Å². The molecule has 2 aliphatic heterocycles. The van der Waals surface area contributed by atoms with Crippen molar-refractivity contribution in [1.82, 2.24) is 5.32 Å². The zero-order chi connectivity index (χ0) is 24.6. The van der Waals surface area contributed by atoms with Gasteiger partial charge in [-0.1, -0.05) is 66.9 Å². The summed E-state index contributed by atoms with van der Waals surface area (Å²) in [6.07, 6.45) is 10.3. The maximum atomic E-state index is 8.40. The number of benzene rings is 1. The Hall–Kier alpha value is -3.40. The summed E-state index contributed by atoms with van der Waals surface area (Å²) >= 11 is 0. The molecule has 5 nitrogen and oxygen atoms in total. The minimum atomic E-state index is -0.988. The van der Waals surface area contributed by atoms with Crippen LogP contribution in [0.2, 0.25) is 0 Å². The molecule has 0 radical (unpaired) electrons. The van der Waals surface area contributed by atoms with Gasteiger partial charge in [0.1, 0.15) is 24.1 Å². The van der Waals surface area contributed by atoms with Crippen molar-refractivity contribution >= 4 is 11.9 Å². The van der Waals surface area contributed by atoms with Crippen LogP contribution in [0.25, 0.3) is 0 Å². The molecule has 178 valence electrons. The zero-order valence-electron chi connectivity index (χ0n) is 20.2. The van der Waals surface area contributed by atoms with Gasteiger partial charge in [-0.25, -0.2) is 0 Å². The number of hydrogen-bond acceptors (Lipinski definition) is 5. The Morgan fingerprint density at radius 2 is 2.06 bits per heavy atom. The Morgan fingerprint density at radius 1 is 1.29 bits per heavy atom. The van der Waals surface area contributed by atoms with Crippen molar-refractivity contribution in [2.24, 2.45) is 16.8 Å². The second-order valence-electron chi connectivity index (χ2n) is 8.40. The van der Waals surface area contributed by atoms with Crippen molar-refractivity contribution in [2.45, 2.75) is 38.4 Å². The van der Waals surface area contributed by atoms with Crippen LogP contribution < -0.4 is 5.32 Å². The molecular weight excluding hydrogens is 422 g/mol. The molecule has 1 aromatic carbocycles. The molecule has 1 unspecified atom stereocenters. The fourth-order valence-electron chi connectivity index (χ4n) is 4.64. The number of nitrogens with one attached hydrogen (secondary N) is 2. The van der Waals surface area contributed by atoms with Gasteiger partial charge in [0.05, 0.1) is 17.1 Å². The summed E-state index contributed by atoms with van der Waals surface area (Å²) in [5.41, 5.74) is 5.76. The third kappa shape index (κ3) is 5.22. The van der Waals surface area contributed by atoms with Crippen LogP contribution in [-0.4, -0.2) is 36.8 Å². The monoisotopic (exact) mass is 457 g/mol. The van der Waals surface area contributed by atoms with E-state index in [-0.39, 0.29) is 17.9 Å². The highest BCUT2D eigenvalue weighted by Crippen LogP contribution is 2.45. The van der Waals surface area contributed by atoms with E-state index in [0.29, 0.717) is 25.3 Å². The van der Waals surface area contributed by atoms with E-state index in [1.54, 1.807) is 0 Å². The molecule has 0 aromatic heterocycles. The molecule has 3 rings (SSSR count). The van der Waals surface area contributed by atoms with Crippen LogP contribution in [0.4, 0.5) is 0 Å². The number of rotatable bonds is 11. The largest absolute Gasteiger partial charge is 0.487 e. The Morgan fingerprint density at radius 3 is 2.68 bits per heavy atom. The maximum Gasteiger partial charge on any atom is 0.149 e. The van der Waals surface area contributed by atoms with E-state index >= 15 is 0 Å². The fourth-order valence-corrected chi connectivity index (χ4v) is 4.64. The lowest BCUT2D eigenvalue weighted by atomic mass is 9.77. The minimum Gasteiger partial charge on any atom is -0.487 e. The average Bonchev–Trinajstić information content (AvgIpc) is 3.21. The van der Waals surface area contributed by atoms with Gasteiger partial charge in [0.15, 0.2) is 0 Å². The lowest BCUT2D eigenvalue weighted by Crippen LogP contribution is -2.46. The SMILES string of the molecule is C=C=C(Cc1ccccc1)OC[C@@H]1O[C@](C=N)(C2=CCC=C(C(C)=NCC)N2)[C@@H](C=C)C1C=C. The first-order valence-electron chi connectivity index (χ1n) is 11.7. The second-order valence-corrected chi connectivity index (χ2v) is 8.40. The highest BCUT2D eigenvalue weighted by molar-refractivity contribution is 5.98. The van der Waals surface area contributed by atoms with E-state index < -0.39 is 5.60 Å². The summed E-state index contributed by atoms with van der Waals surface area (Å²) in [5, 5.41) is 11.9. The minimum absolute atomic E-state index is 0.0793. The summed E-state index contributed by atoms with van der Waals surface area (Å²) in [4.78, 5) is 4.52. The molecular formula is C29H35N3O2. The number of dihydropyridines is 1. The second kappa shape index (κ2) is 11.6. The molecule has 1 fully saturated rings. The standard InChI is InChI=1S/C29H35N3O2/c1-6-23(18-22-14-11-10-12-15-22)33-19-27-24(7-2)25(8-3)29(20-30,34-27)28-17-13-16-26(32-28)21(5)31-9-4/h7-8,10-12,14-17,20,24-25,27,30,32H,1-3,9,13,18-19H2,4-5H3/t24?,25-,27-,29-/m0/s1. The molecule has 2 N–H and O–H groups in total. The van der Waals surface area contributed by atoms with Crippen LogP contribution in [0.15, 0.2) is 102 Å². The molecule has 0 bridgehead atoms. The Kier molecular flexibility index (Phi) is 8.64. The Labute approximate surface area is 203 Å². The van der Waals surface area contributed by atoms with Crippen LogP contribution in [-0.2, 0) is 15.9 Å². The van der Waals surface area contributed by atoms with E-state index in [4.69, 9.17) is 14.9 Å². The van der Waals surface area contributed by atoms with Gasteiger partial charge >= 0.3 is 0 Å². The quantitative estimate of drug-likeness (QED) is 0.198. The lowest BCUT2D eigenvalue weighted by Gasteiger charge is -2.35. The molecule has 0 spiro atoms. The summed E-state index contributed by atoms with van der Waals surface area (Å²) in [7, 11) is 0. The van der Waals surface area contributed by atoms with E-state index in [9.17, 15) is 0 Å². The molecule has 1 aromatic rings. The van der Waals surface area contributed by atoms with Crippen LogP contribution in [0.1, 0.15) is 25.8 Å². The number of ether oxygens (including phenoxy) is 2. The Balaban J connectivity index is 1.81.